The number of nitrogens with one attached hydrogen (secondary N) is 2. The molecule has 1 aliphatic carbocycles. The Bertz CT molecular complexity index is 560. The second-order valence-electron chi connectivity index (χ2n) is 8.78. The van der Waals surface area contributed by atoms with Gasteiger partial charge in [0.25, 0.3) is 0 Å². The van der Waals surface area contributed by atoms with E-state index in [1.54, 1.807) is 0 Å². The molecule has 1 aliphatic rings. The van der Waals surface area contributed by atoms with E-state index in [0.29, 0.717) is 12.0 Å². The zero-order valence-corrected chi connectivity index (χ0v) is 16.6. The zero-order chi connectivity index (χ0) is 18.6. The van der Waals surface area contributed by atoms with Crippen molar-refractivity contribution in [2.45, 2.75) is 72.4 Å². The highest BCUT2D eigenvalue weighted by Crippen LogP contribution is 2.35. The molecule has 3 atom stereocenters. The van der Waals surface area contributed by atoms with Crippen molar-refractivity contribution in [2.75, 3.05) is 10.6 Å². The van der Waals surface area contributed by atoms with Gasteiger partial charge >= 0.3 is 6.09 Å². The molecule has 0 bridgehead atoms. The summed E-state index contributed by atoms with van der Waals surface area (Å²) in [7, 11) is 0. The molecule has 0 aromatic heterocycles. The van der Waals surface area contributed by atoms with Crippen molar-refractivity contribution >= 4 is 17.5 Å². The Balaban J connectivity index is 1.96. The summed E-state index contributed by atoms with van der Waals surface area (Å²) in [5.74, 6) is 2.19. The van der Waals surface area contributed by atoms with E-state index in [9.17, 15) is 4.79 Å². The third kappa shape index (κ3) is 6.26. The lowest BCUT2D eigenvalue weighted by molar-refractivity contribution is 0.0636. The van der Waals surface area contributed by atoms with Crippen molar-refractivity contribution in [3.8, 4) is 0 Å². The quantitative estimate of drug-likeness (QED) is 0.713. The molecular formula is C21H34N2O2. The first-order valence-corrected chi connectivity index (χ1v) is 9.50. The molecular weight excluding hydrogens is 312 g/mol. The number of ether oxygens (including phenoxy) is 1. The Morgan fingerprint density at radius 3 is 2.28 bits per heavy atom. The molecule has 1 fully saturated rings. The van der Waals surface area contributed by atoms with E-state index in [1.807, 2.05) is 45.0 Å². The second-order valence-corrected chi connectivity index (χ2v) is 8.78. The average Bonchev–Trinajstić information content (AvgIpc) is 2.47. The summed E-state index contributed by atoms with van der Waals surface area (Å²) in [4.78, 5) is 11.8. The molecule has 25 heavy (non-hydrogen) atoms. The van der Waals surface area contributed by atoms with Crippen LogP contribution in [0.1, 0.15) is 60.8 Å². The molecule has 0 spiro atoms. The maximum Gasteiger partial charge on any atom is 0.412 e. The molecule has 0 saturated heterocycles. The molecule has 1 amide bonds. The van der Waals surface area contributed by atoms with E-state index in [1.165, 1.54) is 19.3 Å². The number of amides is 1. The smallest absolute Gasteiger partial charge is 0.412 e. The fourth-order valence-corrected chi connectivity index (χ4v) is 3.65. The van der Waals surface area contributed by atoms with Gasteiger partial charge in [0, 0.05) is 17.4 Å². The fourth-order valence-electron chi connectivity index (χ4n) is 3.65. The van der Waals surface area contributed by atoms with Crippen molar-refractivity contribution in [3.05, 3.63) is 24.3 Å². The fraction of sp³-hybridized carbons (Fsp3) is 0.667. The van der Waals surface area contributed by atoms with E-state index in [0.717, 1.165) is 23.2 Å². The topological polar surface area (TPSA) is 50.4 Å². The van der Waals surface area contributed by atoms with E-state index in [-0.39, 0.29) is 0 Å². The summed E-state index contributed by atoms with van der Waals surface area (Å²) >= 11 is 0. The lowest BCUT2D eigenvalue weighted by atomic mass is 9.74. The normalized spacial score (nSPS) is 24.0. The maximum atomic E-state index is 11.8. The maximum absolute atomic E-state index is 11.8. The van der Waals surface area contributed by atoms with Crippen LogP contribution >= 0.6 is 0 Å². The van der Waals surface area contributed by atoms with Crippen LogP contribution < -0.4 is 10.6 Å². The van der Waals surface area contributed by atoms with Crippen molar-refractivity contribution in [2.24, 2.45) is 17.8 Å². The third-order valence-electron chi connectivity index (χ3n) is 4.90. The first kappa shape index (κ1) is 19.6. The van der Waals surface area contributed by atoms with Crippen molar-refractivity contribution in [1.82, 2.24) is 0 Å². The molecule has 1 saturated carbocycles. The Hall–Kier alpha value is -1.71. The number of hydrogen-bond acceptors (Lipinski definition) is 3. The van der Waals surface area contributed by atoms with Gasteiger partial charge in [-0.25, -0.2) is 4.79 Å². The minimum absolute atomic E-state index is 0.422. The summed E-state index contributed by atoms with van der Waals surface area (Å²) in [6, 6.07) is 8.42. The van der Waals surface area contributed by atoms with Gasteiger partial charge in [0.15, 0.2) is 0 Å². The largest absolute Gasteiger partial charge is 0.444 e. The van der Waals surface area contributed by atoms with E-state index < -0.39 is 11.7 Å². The number of benzene rings is 1. The van der Waals surface area contributed by atoms with Crippen LogP contribution in [-0.2, 0) is 4.74 Å². The summed E-state index contributed by atoms with van der Waals surface area (Å²) in [5, 5.41) is 6.49. The van der Waals surface area contributed by atoms with E-state index in [2.05, 4.69) is 31.4 Å². The molecule has 1 aromatic carbocycles. The van der Waals surface area contributed by atoms with Gasteiger partial charge in [-0.05, 0) is 75.6 Å². The van der Waals surface area contributed by atoms with Gasteiger partial charge in [-0.1, -0.05) is 27.2 Å². The second kappa shape index (κ2) is 8.11. The number of hydrogen-bond donors (Lipinski definition) is 2. The first-order valence-electron chi connectivity index (χ1n) is 9.50. The lowest BCUT2D eigenvalue weighted by Crippen LogP contribution is -2.37. The van der Waals surface area contributed by atoms with Crippen molar-refractivity contribution < 1.29 is 9.53 Å². The van der Waals surface area contributed by atoms with Gasteiger partial charge in [-0.15, -0.1) is 0 Å². The van der Waals surface area contributed by atoms with Crippen LogP contribution in [0.5, 0.6) is 0 Å². The highest BCUT2D eigenvalue weighted by molar-refractivity contribution is 5.85. The molecule has 1 aromatic rings. The van der Waals surface area contributed by atoms with Crippen LogP contribution in [0.15, 0.2) is 24.3 Å². The summed E-state index contributed by atoms with van der Waals surface area (Å²) < 4.78 is 5.28. The number of carbonyl (C=O) groups is 1. The Morgan fingerprint density at radius 1 is 1.12 bits per heavy atom. The van der Waals surface area contributed by atoms with Gasteiger partial charge in [-0.3, -0.25) is 5.32 Å². The Labute approximate surface area is 152 Å². The average molecular weight is 347 g/mol. The van der Waals surface area contributed by atoms with Crippen LogP contribution in [-0.4, -0.2) is 17.7 Å². The number of anilines is 2. The Morgan fingerprint density at radius 2 is 1.72 bits per heavy atom. The molecule has 0 aliphatic heterocycles. The molecule has 4 nitrogen and oxygen atoms in total. The number of rotatable bonds is 4. The minimum atomic E-state index is -0.491. The van der Waals surface area contributed by atoms with Gasteiger partial charge < -0.3 is 10.1 Å². The first-order chi connectivity index (χ1) is 11.6. The zero-order valence-electron chi connectivity index (χ0n) is 16.6. The van der Waals surface area contributed by atoms with Crippen LogP contribution in [0.25, 0.3) is 0 Å². The van der Waals surface area contributed by atoms with Gasteiger partial charge in [0.1, 0.15) is 5.60 Å². The third-order valence-corrected chi connectivity index (χ3v) is 4.90. The summed E-state index contributed by atoms with van der Waals surface area (Å²) in [6.07, 6.45) is 3.43. The number of carbonyl (C=O) groups excluding carboxylic acids is 1. The molecule has 0 heterocycles. The van der Waals surface area contributed by atoms with Crippen molar-refractivity contribution in [1.29, 1.82) is 0 Å². The minimum Gasteiger partial charge on any atom is -0.444 e. The summed E-state index contributed by atoms with van der Waals surface area (Å²) in [6.45, 7) is 12.6. The molecule has 140 valence electrons. The van der Waals surface area contributed by atoms with Crippen LogP contribution in [0.2, 0.25) is 0 Å². The molecule has 4 heteroatoms. The highest BCUT2D eigenvalue weighted by atomic mass is 16.6. The molecule has 2 N–H and O–H groups in total. The Kier molecular flexibility index (Phi) is 6.36. The van der Waals surface area contributed by atoms with E-state index >= 15 is 0 Å². The standard InChI is InChI=1S/C21H34N2O2/c1-14(2)18-12-7-15(3)13-19(18)22-16-8-10-17(11-9-16)23-20(24)25-21(4,5)6/h8-11,14-15,18-19,22H,7,12-13H2,1-6H3,(H,23,24). The molecule has 0 radical (unpaired) electrons. The predicted molar refractivity (Wildman–Crippen MR) is 105 cm³/mol. The van der Waals surface area contributed by atoms with Crippen LogP contribution in [0.3, 0.4) is 0 Å². The lowest BCUT2D eigenvalue weighted by Gasteiger charge is -2.38. The van der Waals surface area contributed by atoms with Crippen LogP contribution in [0.4, 0.5) is 16.2 Å². The van der Waals surface area contributed by atoms with Gasteiger partial charge in [0.05, 0.1) is 0 Å². The SMILES string of the molecule is CC1CCC(C(C)C)C(Nc2ccc(NC(=O)OC(C)(C)C)cc2)C1. The molecule has 3 unspecified atom stereocenters. The van der Waals surface area contributed by atoms with Gasteiger partial charge in [-0.2, -0.15) is 0 Å². The van der Waals surface area contributed by atoms with Gasteiger partial charge in [0.2, 0.25) is 0 Å². The monoisotopic (exact) mass is 346 g/mol. The van der Waals surface area contributed by atoms with Crippen LogP contribution in [0, 0.1) is 17.8 Å². The summed E-state index contributed by atoms with van der Waals surface area (Å²) in [5.41, 5.74) is 1.37. The van der Waals surface area contributed by atoms with Crippen molar-refractivity contribution in [3.63, 3.8) is 0 Å². The highest BCUT2D eigenvalue weighted by Gasteiger charge is 2.30. The molecule has 2 rings (SSSR count). The van der Waals surface area contributed by atoms with E-state index in [4.69, 9.17) is 4.74 Å². The predicted octanol–water partition coefficient (Wildman–Crippen LogP) is 5.91.